The second-order valence-electron chi connectivity index (χ2n) is 8.88. The van der Waals surface area contributed by atoms with Gasteiger partial charge >= 0.3 is 0 Å². The summed E-state index contributed by atoms with van der Waals surface area (Å²) in [6.45, 7) is 6.52. The topological polar surface area (TPSA) is 79.9 Å². The molecule has 0 spiro atoms. The molecule has 0 unspecified atom stereocenters. The zero-order valence-corrected chi connectivity index (χ0v) is 17.9. The predicted molar refractivity (Wildman–Crippen MR) is 120 cm³/mol. The third kappa shape index (κ3) is 3.21. The Hall–Kier alpha value is -2.67. The van der Waals surface area contributed by atoms with Crippen LogP contribution in [0.5, 0.6) is 5.75 Å². The van der Waals surface area contributed by atoms with Crippen LogP contribution in [-0.2, 0) is 13.0 Å². The molecule has 0 atom stereocenters. The van der Waals surface area contributed by atoms with Gasteiger partial charge in [0.25, 0.3) is 0 Å². The summed E-state index contributed by atoms with van der Waals surface area (Å²) in [4.78, 5) is 19.3. The van der Waals surface area contributed by atoms with Gasteiger partial charge in [0.15, 0.2) is 5.84 Å². The molecule has 1 aromatic carbocycles. The smallest absolute Gasteiger partial charge is 0.156 e. The van der Waals surface area contributed by atoms with Crippen molar-refractivity contribution in [2.75, 3.05) is 43.1 Å². The van der Waals surface area contributed by atoms with Crippen molar-refractivity contribution in [1.29, 1.82) is 0 Å². The van der Waals surface area contributed by atoms with E-state index in [2.05, 4.69) is 22.8 Å². The Labute approximate surface area is 178 Å². The minimum Gasteiger partial charge on any atom is -0.496 e. The second-order valence-corrected chi connectivity index (χ2v) is 8.88. The van der Waals surface area contributed by atoms with E-state index >= 15 is 0 Å². The summed E-state index contributed by atoms with van der Waals surface area (Å²) in [6, 6.07) is 6.24. The molecule has 3 aliphatic heterocycles. The summed E-state index contributed by atoms with van der Waals surface area (Å²) >= 11 is 0. The Balaban J connectivity index is 1.39. The summed E-state index contributed by atoms with van der Waals surface area (Å²) in [6.07, 6.45) is 6.20. The minimum atomic E-state index is 0.250. The number of methoxy groups -OCH3 is 1. The van der Waals surface area contributed by atoms with Crippen molar-refractivity contribution in [2.45, 2.75) is 39.2 Å². The van der Waals surface area contributed by atoms with Crippen LogP contribution in [0.3, 0.4) is 0 Å². The van der Waals surface area contributed by atoms with Crippen LogP contribution in [0.1, 0.15) is 43.1 Å². The molecule has 5 rings (SSSR count). The largest absolute Gasteiger partial charge is 0.496 e. The molecule has 2 aromatic rings. The number of ether oxygens (including phenoxy) is 1. The van der Waals surface area contributed by atoms with E-state index in [1.165, 1.54) is 11.3 Å². The molecular formula is C23H30N6O. The van der Waals surface area contributed by atoms with Gasteiger partial charge in [-0.1, -0.05) is 13.0 Å². The number of nitrogens with two attached hydrogens (primary N) is 1. The van der Waals surface area contributed by atoms with Crippen LogP contribution in [0.2, 0.25) is 0 Å². The Morgan fingerprint density at radius 2 is 2.03 bits per heavy atom. The number of hydrogen-bond donors (Lipinski definition) is 1. The van der Waals surface area contributed by atoms with Gasteiger partial charge in [0, 0.05) is 30.9 Å². The first-order valence-electron chi connectivity index (χ1n) is 10.9. The number of fused-ring (bicyclic) bond motifs is 2. The highest BCUT2D eigenvalue weighted by Gasteiger charge is 2.32. The Kier molecular flexibility index (Phi) is 4.85. The molecule has 0 aliphatic carbocycles. The van der Waals surface area contributed by atoms with Gasteiger partial charge in [-0.2, -0.15) is 0 Å². The van der Waals surface area contributed by atoms with E-state index in [-0.39, 0.29) is 5.41 Å². The molecule has 0 bridgehead atoms. The Bertz CT molecular complexity index is 980. The molecule has 7 heteroatoms. The number of nitrogens with zero attached hydrogens (tertiary/aromatic N) is 5. The maximum Gasteiger partial charge on any atom is 0.156 e. The van der Waals surface area contributed by atoms with Crippen molar-refractivity contribution < 1.29 is 4.74 Å². The molecule has 0 amide bonds. The third-order valence-corrected chi connectivity index (χ3v) is 6.89. The van der Waals surface area contributed by atoms with Crippen LogP contribution in [0.25, 0.3) is 0 Å². The van der Waals surface area contributed by atoms with Crippen LogP contribution in [0.15, 0.2) is 29.4 Å². The molecule has 4 heterocycles. The monoisotopic (exact) mass is 406 g/mol. The second kappa shape index (κ2) is 7.54. The Morgan fingerprint density at radius 1 is 1.20 bits per heavy atom. The van der Waals surface area contributed by atoms with Gasteiger partial charge in [-0.15, -0.1) is 0 Å². The predicted octanol–water partition coefficient (Wildman–Crippen LogP) is 2.76. The highest BCUT2D eigenvalue weighted by atomic mass is 16.5. The van der Waals surface area contributed by atoms with E-state index in [1.54, 1.807) is 7.11 Å². The van der Waals surface area contributed by atoms with Gasteiger partial charge < -0.3 is 20.3 Å². The molecule has 0 radical (unpaired) electrons. The molecule has 1 aromatic heterocycles. The maximum absolute atomic E-state index is 5.96. The first kappa shape index (κ1) is 19.3. The van der Waals surface area contributed by atoms with E-state index in [9.17, 15) is 0 Å². The standard InChI is InChI=1S/C23H30N6O/c1-23(15-24)8-11-28(12-9-23)20-14-25-21-17(27-20)13-26-22(21)29-10-4-5-16-18(29)6-3-7-19(16)30-2/h3,6-7,14H,4-5,8-13,15,24H2,1-2H3. The van der Waals surface area contributed by atoms with Gasteiger partial charge in [-0.05, 0) is 49.8 Å². The highest BCUT2D eigenvalue weighted by molar-refractivity contribution is 6.11. The van der Waals surface area contributed by atoms with Crippen molar-refractivity contribution in [1.82, 2.24) is 9.97 Å². The van der Waals surface area contributed by atoms with Crippen molar-refractivity contribution in [3.63, 3.8) is 0 Å². The first-order chi connectivity index (χ1) is 14.6. The van der Waals surface area contributed by atoms with Gasteiger partial charge in [-0.3, -0.25) is 4.99 Å². The van der Waals surface area contributed by atoms with E-state index in [0.717, 1.165) is 80.7 Å². The summed E-state index contributed by atoms with van der Waals surface area (Å²) in [5, 5.41) is 0. The van der Waals surface area contributed by atoms with E-state index < -0.39 is 0 Å². The maximum atomic E-state index is 5.96. The lowest BCUT2D eigenvalue weighted by Gasteiger charge is -2.39. The number of aromatic nitrogens is 2. The van der Waals surface area contributed by atoms with E-state index in [1.807, 2.05) is 18.3 Å². The molecule has 30 heavy (non-hydrogen) atoms. The number of benzene rings is 1. The Morgan fingerprint density at radius 3 is 2.80 bits per heavy atom. The van der Waals surface area contributed by atoms with Gasteiger partial charge in [0.1, 0.15) is 17.3 Å². The zero-order valence-electron chi connectivity index (χ0n) is 17.9. The van der Waals surface area contributed by atoms with Crippen LogP contribution in [-0.4, -0.2) is 49.1 Å². The number of amidine groups is 1. The molecule has 1 fully saturated rings. The number of anilines is 2. The SMILES string of the molecule is COc1cccc2c1CCCN2C1=NCc2nc(N3CCC(C)(CN)CC3)cnc21. The lowest BCUT2D eigenvalue weighted by Crippen LogP contribution is -2.42. The molecule has 7 nitrogen and oxygen atoms in total. The summed E-state index contributed by atoms with van der Waals surface area (Å²) in [5.41, 5.74) is 10.5. The normalized spacial score (nSPS) is 19.9. The first-order valence-corrected chi connectivity index (χ1v) is 10.9. The van der Waals surface area contributed by atoms with Gasteiger partial charge in [0.05, 0.1) is 25.5 Å². The fourth-order valence-electron chi connectivity index (χ4n) is 4.79. The number of hydrogen-bond acceptors (Lipinski definition) is 7. The van der Waals surface area contributed by atoms with Crippen molar-refractivity contribution in [3.05, 3.63) is 41.3 Å². The lowest BCUT2D eigenvalue weighted by molar-refractivity contribution is 0.258. The third-order valence-electron chi connectivity index (χ3n) is 6.89. The zero-order chi connectivity index (χ0) is 20.7. The fourth-order valence-corrected chi connectivity index (χ4v) is 4.79. The van der Waals surface area contributed by atoms with E-state index in [0.29, 0.717) is 6.54 Å². The molecule has 1 saturated heterocycles. The molecular weight excluding hydrogens is 376 g/mol. The summed E-state index contributed by atoms with van der Waals surface area (Å²) in [7, 11) is 1.74. The van der Waals surface area contributed by atoms with E-state index in [4.69, 9.17) is 25.4 Å². The number of aliphatic imine (C=N–C) groups is 1. The summed E-state index contributed by atoms with van der Waals surface area (Å²) in [5.74, 6) is 2.85. The summed E-state index contributed by atoms with van der Waals surface area (Å²) < 4.78 is 5.59. The quantitative estimate of drug-likeness (QED) is 0.844. The minimum absolute atomic E-state index is 0.250. The van der Waals surface area contributed by atoms with Crippen LogP contribution >= 0.6 is 0 Å². The number of rotatable bonds is 3. The fraction of sp³-hybridized carbons (Fsp3) is 0.522. The van der Waals surface area contributed by atoms with Crippen molar-refractivity contribution in [2.24, 2.45) is 16.1 Å². The van der Waals surface area contributed by atoms with Gasteiger partial charge in [-0.25, -0.2) is 9.97 Å². The van der Waals surface area contributed by atoms with Crippen LogP contribution in [0, 0.1) is 5.41 Å². The molecule has 2 N–H and O–H groups in total. The molecule has 0 saturated carbocycles. The van der Waals surface area contributed by atoms with Crippen molar-refractivity contribution >= 4 is 17.3 Å². The number of piperidine rings is 1. The average molecular weight is 407 g/mol. The van der Waals surface area contributed by atoms with Crippen LogP contribution < -0.4 is 20.3 Å². The lowest BCUT2D eigenvalue weighted by atomic mass is 9.80. The highest BCUT2D eigenvalue weighted by Crippen LogP contribution is 2.36. The van der Waals surface area contributed by atoms with Crippen LogP contribution in [0.4, 0.5) is 11.5 Å². The molecule has 158 valence electrons. The molecule has 3 aliphatic rings. The van der Waals surface area contributed by atoms with Gasteiger partial charge in [0.2, 0.25) is 0 Å². The van der Waals surface area contributed by atoms with Crippen molar-refractivity contribution in [3.8, 4) is 5.75 Å². The average Bonchev–Trinajstić information content (AvgIpc) is 3.22.